The van der Waals surface area contributed by atoms with Gasteiger partial charge in [-0.1, -0.05) is 35.3 Å². The summed E-state index contributed by atoms with van der Waals surface area (Å²) in [7, 11) is -3.77. The molecule has 1 amide bonds. The van der Waals surface area contributed by atoms with Crippen LogP contribution in [-0.4, -0.2) is 32.8 Å². The third-order valence-corrected chi connectivity index (χ3v) is 5.81. The molecule has 2 aromatic rings. The Morgan fingerprint density at radius 3 is 2.56 bits per heavy atom. The van der Waals surface area contributed by atoms with Gasteiger partial charge in [0, 0.05) is 8.59 Å². The van der Waals surface area contributed by atoms with E-state index in [9.17, 15) is 13.2 Å². The standard InChI is InChI=1S/C17H16Cl2IN3O3S/c1-11(12-4-3-5-14(20)8-12)21-22-17(24)10-23(27(2,25)26)16-9-13(18)6-7-15(16)19/h3-9H,10H2,1-2H3,(H,22,24)/b21-11-. The zero-order chi connectivity index (χ0) is 20.2. The number of carbonyl (C=O) groups is 1. The second-order valence-corrected chi connectivity index (χ2v) is 9.60. The normalized spacial score (nSPS) is 12.0. The number of halogens is 3. The number of hydrazone groups is 1. The maximum Gasteiger partial charge on any atom is 0.260 e. The Bertz CT molecular complexity index is 997. The van der Waals surface area contributed by atoms with Crippen molar-refractivity contribution in [2.75, 3.05) is 17.1 Å². The first kappa shape index (κ1) is 21.9. The summed E-state index contributed by atoms with van der Waals surface area (Å²) in [5.41, 5.74) is 3.93. The highest BCUT2D eigenvalue weighted by molar-refractivity contribution is 14.1. The highest BCUT2D eigenvalue weighted by atomic mass is 127. The minimum absolute atomic E-state index is 0.125. The minimum Gasteiger partial charge on any atom is -0.271 e. The summed E-state index contributed by atoms with van der Waals surface area (Å²) < 4.78 is 26.2. The van der Waals surface area contributed by atoms with Gasteiger partial charge in [0.25, 0.3) is 5.91 Å². The largest absolute Gasteiger partial charge is 0.271 e. The fraction of sp³-hybridized carbons (Fsp3) is 0.176. The van der Waals surface area contributed by atoms with E-state index in [1.807, 2.05) is 24.3 Å². The molecule has 6 nitrogen and oxygen atoms in total. The van der Waals surface area contributed by atoms with Crippen LogP contribution >= 0.6 is 45.8 Å². The van der Waals surface area contributed by atoms with Crippen molar-refractivity contribution < 1.29 is 13.2 Å². The third-order valence-electron chi connectivity index (χ3n) is 3.46. The van der Waals surface area contributed by atoms with Crippen LogP contribution in [0.4, 0.5) is 5.69 Å². The summed E-state index contributed by atoms with van der Waals surface area (Å²) in [5, 5.41) is 4.50. The van der Waals surface area contributed by atoms with E-state index in [0.717, 1.165) is 19.7 Å². The number of anilines is 1. The Morgan fingerprint density at radius 1 is 1.22 bits per heavy atom. The molecule has 0 bridgehead atoms. The van der Waals surface area contributed by atoms with Gasteiger partial charge in [-0.05, 0) is 65.4 Å². The highest BCUT2D eigenvalue weighted by Gasteiger charge is 2.23. The van der Waals surface area contributed by atoms with E-state index in [1.54, 1.807) is 6.92 Å². The molecule has 27 heavy (non-hydrogen) atoms. The van der Waals surface area contributed by atoms with Crippen LogP contribution in [0.2, 0.25) is 10.0 Å². The second kappa shape index (κ2) is 9.22. The molecular formula is C17H16Cl2IN3O3S. The van der Waals surface area contributed by atoms with Crippen LogP contribution in [0.1, 0.15) is 12.5 Å². The van der Waals surface area contributed by atoms with E-state index in [-0.39, 0.29) is 10.7 Å². The van der Waals surface area contributed by atoms with E-state index in [2.05, 4.69) is 33.1 Å². The van der Waals surface area contributed by atoms with E-state index < -0.39 is 22.5 Å². The predicted molar refractivity (Wildman–Crippen MR) is 118 cm³/mol. The average Bonchev–Trinajstić information content (AvgIpc) is 2.59. The maximum atomic E-state index is 12.3. The fourth-order valence-electron chi connectivity index (χ4n) is 2.15. The van der Waals surface area contributed by atoms with Crippen molar-refractivity contribution in [1.29, 1.82) is 0 Å². The third kappa shape index (κ3) is 6.34. The molecule has 0 aliphatic carbocycles. The van der Waals surface area contributed by atoms with Crippen molar-refractivity contribution in [3.63, 3.8) is 0 Å². The van der Waals surface area contributed by atoms with Crippen LogP contribution < -0.4 is 9.73 Å². The number of carbonyl (C=O) groups excluding carboxylic acids is 1. The van der Waals surface area contributed by atoms with Gasteiger partial charge >= 0.3 is 0 Å². The second-order valence-electron chi connectivity index (χ2n) is 5.61. The lowest BCUT2D eigenvalue weighted by molar-refractivity contribution is -0.119. The van der Waals surface area contributed by atoms with Crippen LogP contribution in [-0.2, 0) is 14.8 Å². The summed E-state index contributed by atoms with van der Waals surface area (Å²) in [6.07, 6.45) is 0.984. The molecule has 2 aromatic carbocycles. The Labute approximate surface area is 181 Å². The van der Waals surface area contributed by atoms with Gasteiger partial charge in [0.15, 0.2) is 0 Å². The predicted octanol–water partition coefficient (Wildman–Crippen LogP) is 3.90. The highest BCUT2D eigenvalue weighted by Crippen LogP contribution is 2.30. The number of nitrogens with zero attached hydrogens (tertiary/aromatic N) is 2. The Balaban J connectivity index is 2.20. The van der Waals surface area contributed by atoms with Gasteiger partial charge in [0.1, 0.15) is 6.54 Å². The molecule has 144 valence electrons. The molecule has 0 radical (unpaired) electrons. The average molecular weight is 540 g/mol. The van der Waals surface area contributed by atoms with Crippen LogP contribution in [0.25, 0.3) is 0 Å². The van der Waals surface area contributed by atoms with Crippen molar-refractivity contribution in [1.82, 2.24) is 5.43 Å². The van der Waals surface area contributed by atoms with Crippen molar-refractivity contribution in [2.45, 2.75) is 6.92 Å². The Kier molecular flexibility index (Phi) is 7.49. The van der Waals surface area contributed by atoms with Gasteiger partial charge in [-0.15, -0.1) is 0 Å². The van der Waals surface area contributed by atoms with Gasteiger partial charge in [0.05, 0.1) is 22.7 Å². The molecule has 0 aliphatic heterocycles. The number of benzene rings is 2. The molecule has 0 spiro atoms. The number of rotatable bonds is 6. The van der Waals surface area contributed by atoms with Gasteiger partial charge in [0.2, 0.25) is 10.0 Å². The molecule has 0 aromatic heterocycles. The molecule has 2 rings (SSSR count). The van der Waals surface area contributed by atoms with Gasteiger partial charge in [-0.3, -0.25) is 9.10 Å². The lowest BCUT2D eigenvalue weighted by Gasteiger charge is -2.22. The summed E-state index contributed by atoms with van der Waals surface area (Å²) in [4.78, 5) is 12.3. The summed E-state index contributed by atoms with van der Waals surface area (Å²) >= 11 is 14.2. The fourth-order valence-corrected chi connectivity index (χ4v) is 3.99. The van der Waals surface area contributed by atoms with Crippen LogP contribution in [0.3, 0.4) is 0 Å². The molecule has 1 N–H and O–H groups in total. The van der Waals surface area contributed by atoms with Gasteiger partial charge in [-0.2, -0.15) is 5.10 Å². The SMILES string of the molecule is C/C(=N/NC(=O)CN(c1cc(Cl)ccc1Cl)S(C)(=O)=O)c1cccc(I)c1. The van der Waals surface area contributed by atoms with E-state index in [0.29, 0.717) is 10.7 Å². The lowest BCUT2D eigenvalue weighted by atomic mass is 10.1. The maximum absolute atomic E-state index is 12.3. The molecule has 0 heterocycles. The van der Waals surface area contributed by atoms with Crippen LogP contribution in [0.15, 0.2) is 47.6 Å². The molecule has 0 aliphatic rings. The molecule has 0 saturated carbocycles. The zero-order valence-electron chi connectivity index (χ0n) is 14.4. The summed E-state index contributed by atoms with van der Waals surface area (Å²) in [6.45, 7) is 1.26. The molecule has 0 unspecified atom stereocenters. The van der Waals surface area contributed by atoms with Crippen molar-refractivity contribution in [3.8, 4) is 0 Å². The Hall–Kier alpha value is -1.36. The van der Waals surface area contributed by atoms with Crippen LogP contribution in [0.5, 0.6) is 0 Å². The van der Waals surface area contributed by atoms with Crippen molar-refractivity contribution in [2.24, 2.45) is 5.10 Å². The molecule has 10 heteroatoms. The summed E-state index contributed by atoms with van der Waals surface area (Å²) in [6, 6.07) is 12.0. The molecular weight excluding hydrogens is 524 g/mol. The van der Waals surface area contributed by atoms with Crippen molar-refractivity contribution >= 4 is 73.1 Å². The smallest absolute Gasteiger partial charge is 0.260 e. The first-order valence-electron chi connectivity index (χ1n) is 7.60. The quantitative estimate of drug-likeness (QED) is 0.343. The molecule has 0 atom stereocenters. The zero-order valence-corrected chi connectivity index (χ0v) is 18.9. The monoisotopic (exact) mass is 539 g/mol. The summed E-state index contributed by atoms with van der Waals surface area (Å²) in [5.74, 6) is -0.610. The minimum atomic E-state index is -3.77. The molecule has 0 saturated heterocycles. The van der Waals surface area contributed by atoms with E-state index >= 15 is 0 Å². The first-order valence-corrected chi connectivity index (χ1v) is 11.3. The van der Waals surface area contributed by atoms with E-state index in [1.165, 1.54) is 18.2 Å². The number of amides is 1. The van der Waals surface area contributed by atoms with Crippen LogP contribution in [0, 0.1) is 3.57 Å². The van der Waals surface area contributed by atoms with Gasteiger partial charge in [-0.25, -0.2) is 13.8 Å². The van der Waals surface area contributed by atoms with Crippen molar-refractivity contribution in [3.05, 3.63) is 61.6 Å². The molecule has 0 fully saturated rings. The number of sulfonamides is 1. The van der Waals surface area contributed by atoms with E-state index in [4.69, 9.17) is 23.2 Å². The topological polar surface area (TPSA) is 78.8 Å². The first-order chi connectivity index (χ1) is 12.6. The number of nitrogens with one attached hydrogen (secondary N) is 1. The number of hydrogen-bond acceptors (Lipinski definition) is 4. The lowest BCUT2D eigenvalue weighted by Crippen LogP contribution is -2.39. The Morgan fingerprint density at radius 2 is 1.93 bits per heavy atom. The number of hydrogen-bond donors (Lipinski definition) is 1. The van der Waals surface area contributed by atoms with Gasteiger partial charge < -0.3 is 0 Å².